The van der Waals surface area contributed by atoms with Crippen molar-refractivity contribution in [3.8, 4) is 61.6 Å². The van der Waals surface area contributed by atoms with Crippen LogP contribution in [0.25, 0.3) is 149 Å². The van der Waals surface area contributed by atoms with E-state index in [4.69, 9.17) is 0 Å². The summed E-state index contributed by atoms with van der Waals surface area (Å²) in [7, 11) is 0. The minimum absolute atomic E-state index is 0.437. The molecule has 3 heterocycles. The molecule has 3 nitrogen and oxygen atoms in total. The molecule has 3 aromatic heterocycles. The molecule has 0 aliphatic carbocycles. The van der Waals surface area contributed by atoms with Gasteiger partial charge in [-0.2, -0.15) is 0 Å². The maximum atomic E-state index is 2.47. The molecule has 16 aromatic rings. The molecule has 388 valence electrons. The van der Waals surface area contributed by atoms with Gasteiger partial charge < -0.3 is 13.7 Å². The van der Waals surface area contributed by atoms with E-state index in [1.807, 2.05) is 0 Å². The van der Waals surface area contributed by atoms with Crippen molar-refractivity contribution in [2.45, 2.75) is 33.1 Å². The third kappa shape index (κ3) is 7.50. The first kappa shape index (κ1) is 47.8. The fourth-order valence-corrected chi connectivity index (χ4v) is 13.6. The highest BCUT2D eigenvalue weighted by Gasteiger charge is 2.21. The van der Waals surface area contributed by atoms with Crippen molar-refractivity contribution in [3.05, 3.63) is 284 Å². The molecular formula is C79H57N3. The highest BCUT2D eigenvalue weighted by molar-refractivity contribution is 6.22. The Morgan fingerprint density at radius 1 is 0.256 bits per heavy atom. The van der Waals surface area contributed by atoms with Gasteiger partial charge in [0.05, 0.1) is 33.1 Å². The van der Waals surface area contributed by atoms with Crippen LogP contribution in [0.4, 0.5) is 0 Å². The van der Waals surface area contributed by atoms with Crippen LogP contribution < -0.4 is 0 Å². The summed E-state index contributed by atoms with van der Waals surface area (Å²) < 4.78 is 7.34. The maximum absolute atomic E-state index is 2.47. The predicted molar refractivity (Wildman–Crippen MR) is 350 cm³/mol. The van der Waals surface area contributed by atoms with Crippen molar-refractivity contribution in [1.29, 1.82) is 0 Å². The molecule has 0 aliphatic heterocycles. The quantitative estimate of drug-likeness (QED) is 0.128. The number of hydrogen-bond donors (Lipinski definition) is 0. The van der Waals surface area contributed by atoms with Crippen molar-refractivity contribution in [1.82, 2.24) is 13.7 Å². The summed E-state index contributed by atoms with van der Waals surface area (Å²) >= 11 is 0. The van der Waals surface area contributed by atoms with Crippen LogP contribution >= 0.6 is 0 Å². The zero-order chi connectivity index (χ0) is 54.6. The van der Waals surface area contributed by atoms with Crippen molar-refractivity contribution in [3.63, 3.8) is 0 Å². The van der Waals surface area contributed by atoms with Gasteiger partial charge in [-0.15, -0.1) is 0 Å². The number of para-hydroxylation sites is 2. The lowest BCUT2D eigenvalue weighted by atomic mass is 9.86. The predicted octanol–water partition coefficient (Wildman–Crippen LogP) is 21.6. The van der Waals surface area contributed by atoms with Crippen LogP contribution in [0.2, 0.25) is 0 Å². The molecule has 0 radical (unpaired) electrons. The summed E-state index contributed by atoms with van der Waals surface area (Å²) in [6, 6.07) is 102. The Kier molecular flexibility index (Phi) is 11.0. The van der Waals surface area contributed by atoms with Gasteiger partial charge in [-0.05, 0) is 187 Å². The molecule has 16 rings (SSSR count). The van der Waals surface area contributed by atoms with Crippen LogP contribution in [-0.4, -0.2) is 13.7 Å². The number of aromatic nitrogens is 3. The molecule has 0 fully saturated rings. The minimum Gasteiger partial charge on any atom is -0.309 e. The molecule has 0 aliphatic rings. The molecule has 0 unspecified atom stereocenters. The second-order valence-electron chi connectivity index (χ2n) is 22.5. The lowest BCUT2D eigenvalue weighted by Crippen LogP contribution is -1.96. The Hall–Kier alpha value is -10.2. The van der Waals surface area contributed by atoms with Gasteiger partial charge >= 0.3 is 0 Å². The van der Waals surface area contributed by atoms with Crippen molar-refractivity contribution < 1.29 is 0 Å². The van der Waals surface area contributed by atoms with E-state index in [0.29, 0.717) is 5.92 Å². The largest absolute Gasteiger partial charge is 0.309 e. The average Bonchev–Trinajstić information content (AvgIpc) is 4.34. The van der Waals surface area contributed by atoms with Crippen LogP contribution in [-0.2, 0) is 6.42 Å². The van der Waals surface area contributed by atoms with Gasteiger partial charge in [-0.3, -0.25) is 0 Å². The second-order valence-corrected chi connectivity index (χ2v) is 22.5. The topological polar surface area (TPSA) is 14.8 Å². The molecule has 0 amide bonds. The van der Waals surface area contributed by atoms with Gasteiger partial charge in [-0.1, -0.05) is 197 Å². The van der Waals surface area contributed by atoms with Gasteiger partial charge in [0.2, 0.25) is 0 Å². The Bertz CT molecular complexity index is 5160. The smallest absolute Gasteiger partial charge is 0.0541 e. The molecule has 0 atom stereocenters. The normalized spacial score (nSPS) is 12.0. The van der Waals surface area contributed by atoms with E-state index in [9.17, 15) is 0 Å². The first-order chi connectivity index (χ1) is 40.5. The Labute approximate surface area is 476 Å². The number of rotatable bonds is 9. The molecular weight excluding hydrogens is 991 g/mol. The molecule has 3 heteroatoms. The summed E-state index contributed by atoms with van der Waals surface area (Å²) in [6.07, 6.45) is 0.994. The SMILES string of the molecule is CCc1cccc(-n2c3ccccc3c3cc(-c4ccc5c(c4)c4cc(-c6ccc7c(c6)c6ccccc6n7-c6cccc(C(C)C)c6)ccc4n5-c4ccc(-c5c6ccccc6c(-c6ccccc6)c6ccccc56)cc4)ccc32)c1. The molecule has 13 aromatic carbocycles. The van der Waals surface area contributed by atoms with E-state index in [0.717, 1.165) is 12.1 Å². The number of aryl methyl sites for hydroxylation is 1. The summed E-state index contributed by atoms with van der Waals surface area (Å²) in [6.45, 7) is 6.77. The zero-order valence-corrected chi connectivity index (χ0v) is 46.1. The van der Waals surface area contributed by atoms with E-state index in [1.165, 1.54) is 154 Å². The number of fused-ring (bicyclic) bond motifs is 11. The lowest BCUT2D eigenvalue weighted by Gasteiger charge is -2.18. The number of hydrogen-bond acceptors (Lipinski definition) is 0. The summed E-state index contributed by atoms with van der Waals surface area (Å²) in [4.78, 5) is 0. The molecule has 0 saturated heterocycles. The van der Waals surface area contributed by atoms with Gasteiger partial charge in [0, 0.05) is 49.4 Å². The highest BCUT2D eigenvalue weighted by atomic mass is 15.0. The van der Waals surface area contributed by atoms with Crippen LogP contribution in [0.1, 0.15) is 37.8 Å². The van der Waals surface area contributed by atoms with Crippen molar-refractivity contribution in [2.75, 3.05) is 0 Å². The van der Waals surface area contributed by atoms with Crippen LogP contribution in [0.3, 0.4) is 0 Å². The third-order valence-corrected chi connectivity index (χ3v) is 17.6. The molecule has 0 N–H and O–H groups in total. The molecule has 0 saturated carbocycles. The number of benzene rings is 13. The second kappa shape index (κ2) is 19.0. The van der Waals surface area contributed by atoms with Crippen molar-refractivity contribution >= 4 is 87.0 Å². The fraction of sp³-hybridized carbons (Fsp3) is 0.0633. The summed E-state index contributed by atoms with van der Waals surface area (Å²) in [5, 5.41) is 12.5. The van der Waals surface area contributed by atoms with E-state index < -0.39 is 0 Å². The van der Waals surface area contributed by atoms with Gasteiger partial charge in [-0.25, -0.2) is 0 Å². The van der Waals surface area contributed by atoms with Crippen LogP contribution in [0.5, 0.6) is 0 Å². The monoisotopic (exact) mass is 1050 g/mol. The molecule has 82 heavy (non-hydrogen) atoms. The summed E-state index contributed by atoms with van der Waals surface area (Å²) in [5.74, 6) is 0.437. The van der Waals surface area contributed by atoms with Crippen LogP contribution in [0, 0.1) is 0 Å². The lowest BCUT2D eigenvalue weighted by molar-refractivity contribution is 0.864. The Morgan fingerprint density at radius 2 is 0.610 bits per heavy atom. The first-order valence-electron chi connectivity index (χ1n) is 28.9. The number of nitrogens with zero attached hydrogens (tertiary/aromatic N) is 3. The van der Waals surface area contributed by atoms with Crippen LogP contribution in [0.15, 0.2) is 273 Å². The van der Waals surface area contributed by atoms with Gasteiger partial charge in [0.1, 0.15) is 0 Å². The van der Waals surface area contributed by atoms with E-state index in [-0.39, 0.29) is 0 Å². The van der Waals surface area contributed by atoms with E-state index in [2.05, 4.69) is 307 Å². The first-order valence-corrected chi connectivity index (χ1v) is 28.9. The summed E-state index contributed by atoms with van der Waals surface area (Å²) in [5.41, 5.74) is 23.1. The molecule has 0 bridgehead atoms. The maximum Gasteiger partial charge on any atom is 0.0541 e. The Morgan fingerprint density at radius 3 is 1.06 bits per heavy atom. The molecule has 0 spiro atoms. The average molecular weight is 1050 g/mol. The van der Waals surface area contributed by atoms with E-state index >= 15 is 0 Å². The standard InChI is InChI=1S/C79H57N3/c1-4-51-18-16-22-60(44-51)81-72-30-14-12-24-62(72)68-46-55(34-40-74(68)81)57-36-42-76-70(48-57)71-49-58(56-35-41-75-69(47-56)63-25-13-15-31-73(63)82(75)61-23-17-21-54(45-61)50(2)3)37-43-77(71)80(76)59-38-32-53(33-39-59)79-66-28-10-8-26-64(66)78(52-19-6-5-7-20-52)65-27-9-11-29-67(65)79/h5-50H,4H2,1-3H3. The highest BCUT2D eigenvalue weighted by Crippen LogP contribution is 2.46. The Balaban J connectivity index is 0.876. The fourth-order valence-electron chi connectivity index (χ4n) is 13.6. The van der Waals surface area contributed by atoms with Crippen molar-refractivity contribution in [2.24, 2.45) is 0 Å². The zero-order valence-electron chi connectivity index (χ0n) is 46.1. The minimum atomic E-state index is 0.437. The van der Waals surface area contributed by atoms with Gasteiger partial charge in [0.25, 0.3) is 0 Å². The third-order valence-electron chi connectivity index (χ3n) is 17.6. The van der Waals surface area contributed by atoms with E-state index in [1.54, 1.807) is 0 Å². The van der Waals surface area contributed by atoms with Gasteiger partial charge in [0.15, 0.2) is 0 Å².